The Bertz CT molecular complexity index is 462. The van der Waals surface area contributed by atoms with E-state index in [0.29, 0.717) is 31.3 Å². The molecule has 1 aliphatic rings. The molecule has 1 rings (SSSR count). The van der Waals surface area contributed by atoms with Crippen molar-refractivity contribution in [1.29, 1.82) is 0 Å². The molecule has 3 nitrogen and oxygen atoms in total. The highest BCUT2D eigenvalue weighted by Gasteiger charge is 2.34. The van der Waals surface area contributed by atoms with Crippen molar-refractivity contribution < 1.29 is 14.6 Å². The number of allylic oxidation sites excluding steroid dienone is 3. The lowest BCUT2D eigenvalue weighted by Gasteiger charge is -2.37. The van der Waals surface area contributed by atoms with Gasteiger partial charge in [-0.3, -0.25) is 4.79 Å². The maximum atomic E-state index is 11.9. The summed E-state index contributed by atoms with van der Waals surface area (Å²) in [4.78, 5) is 11.9. The Kier molecular flexibility index (Phi) is 9.48. The molecule has 0 atom stereocenters. The number of esters is 1. The van der Waals surface area contributed by atoms with Crippen molar-refractivity contribution in [2.45, 2.75) is 91.6 Å². The molecule has 0 saturated heterocycles. The van der Waals surface area contributed by atoms with Gasteiger partial charge in [0.1, 0.15) is 6.61 Å². The van der Waals surface area contributed by atoms with Crippen LogP contribution in [0.3, 0.4) is 0 Å². The summed E-state index contributed by atoms with van der Waals surface area (Å²) in [5.74, 6) is 1.20. The summed E-state index contributed by atoms with van der Waals surface area (Å²) in [6.07, 6.45) is 10.8. The van der Waals surface area contributed by atoms with E-state index in [-0.39, 0.29) is 5.97 Å². The number of aliphatic hydroxyl groups is 1. The second kappa shape index (κ2) is 10.8. The third-order valence-electron chi connectivity index (χ3n) is 5.47. The predicted molar refractivity (Wildman–Crippen MR) is 104 cm³/mol. The Morgan fingerprint density at radius 1 is 1.16 bits per heavy atom. The Labute approximate surface area is 154 Å². The maximum Gasteiger partial charge on any atom is 0.306 e. The van der Waals surface area contributed by atoms with E-state index in [0.717, 1.165) is 38.5 Å². The standard InChI is InChI=1S/C22H38O3/c1-17(2)7-6-8-19(5)12-16-25-21(23)11-15-22(24)13-9-20(10-14-22)18(3)4/h7,12,18,20,24H,6,8-11,13-16H2,1-5H3/b19-12+. The van der Waals surface area contributed by atoms with Crippen molar-refractivity contribution in [3.8, 4) is 0 Å². The van der Waals surface area contributed by atoms with Gasteiger partial charge in [-0.15, -0.1) is 0 Å². The lowest BCUT2D eigenvalue weighted by Crippen LogP contribution is -2.35. The van der Waals surface area contributed by atoms with Crippen molar-refractivity contribution in [2.75, 3.05) is 6.61 Å². The summed E-state index contributed by atoms with van der Waals surface area (Å²) in [6, 6.07) is 0. The lowest BCUT2D eigenvalue weighted by molar-refractivity contribution is -0.144. The van der Waals surface area contributed by atoms with Crippen LogP contribution in [0.2, 0.25) is 0 Å². The summed E-state index contributed by atoms with van der Waals surface area (Å²) >= 11 is 0. The molecular formula is C22H38O3. The molecule has 0 aromatic heterocycles. The molecule has 0 aromatic rings. The molecule has 1 aliphatic carbocycles. The number of carbonyl (C=O) groups excluding carboxylic acids is 1. The van der Waals surface area contributed by atoms with Gasteiger partial charge in [0, 0.05) is 6.42 Å². The van der Waals surface area contributed by atoms with E-state index in [4.69, 9.17) is 4.74 Å². The minimum atomic E-state index is -0.666. The van der Waals surface area contributed by atoms with E-state index >= 15 is 0 Å². The number of hydrogen-bond donors (Lipinski definition) is 1. The van der Waals surface area contributed by atoms with Crippen LogP contribution >= 0.6 is 0 Å². The largest absolute Gasteiger partial charge is 0.461 e. The van der Waals surface area contributed by atoms with Gasteiger partial charge in [-0.05, 0) is 83.6 Å². The zero-order valence-electron chi connectivity index (χ0n) is 16.9. The zero-order chi connectivity index (χ0) is 18.9. The van der Waals surface area contributed by atoms with Gasteiger partial charge in [0.05, 0.1) is 5.60 Å². The Hall–Kier alpha value is -1.09. The second-order valence-electron chi connectivity index (χ2n) is 8.36. The topological polar surface area (TPSA) is 46.5 Å². The molecule has 0 bridgehead atoms. The molecule has 0 heterocycles. The summed E-state index contributed by atoms with van der Waals surface area (Å²) in [7, 11) is 0. The average Bonchev–Trinajstić information content (AvgIpc) is 2.53. The summed E-state index contributed by atoms with van der Waals surface area (Å²) in [5, 5.41) is 10.7. The highest BCUT2D eigenvalue weighted by Crippen LogP contribution is 2.38. The fourth-order valence-corrected chi connectivity index (χ4v) is 3.47. The van der Waals surface area contributed by atoms with Gasteiger partial charge in [0.25, 0.3) is 0 Å². The molecule has 25 heavy (non-hydrogen) atoms. The molecule has 3 heteroatoms. The second-order valence-corrected chi connectivity index (χ2v) is 8.36. The van der Waals surface area contributed by atoms with Gasteiger partial charge in [0.15, 0.2) is 0 Å². The van der Waals surface area contributed by atoms with Gasteiger partial charge in [-0.1, -0.05) is 31.1 Å². The quantitative estimate of drug-likeness (QED) is 0.436. The van der Waals surface area contributed by atoms with Gasteiger partial charge in [0.2, 0.25) is 0 Å². The molecule has 1 saturated carbocycles. The molecule has 0 aromatic carbocycles. The summed E-state index contributed by atoms with van der Waals surface area (Å²) in [6.45, 7) is 11.1. The van der Waals surface area contributed by atoms with E-state index in [1.165, 1.54) is 11.1 Å². The summed E-state index contributed by atoms with van der Waals surface area (Å²) in [5.41, 5.74) is 1.91. The smallest absolute Gasteiger partial charge is 0.306 e. The first kappa shape index (κ1) is 22.0. The van der Waals surface area contributed by atoms with Crippen LogP contribution in [-0.2, 0) is 9.53 Å². The Morgan fingerprint density at radius 3 is 2.36 bits per heavy atom. The van der Waals surface area contributed by atoms with E-state index in [9.17, 15) is 9.90 Å². The van der Waals surface area contributed by atoms with Crippen LogP contribution in [0.15, 0.2) is 23.3 Å². The van der Waals surface area contributed by atoms with Crippen molar-refractivity contribution >= 4 is 5.97 Å². The van der Waals surface area contributed by atoms with Crippen molar-refractivity contribution in [1.82, 2.24) is 0 Å². The first-order valence-electron chi connectivity index (χ1n) is 9.89. The van der Waals surface area contributed by atoms with Gasteiger partial charge in [-0.25, -0.2) is 0 Å². The van der Waals surface area contributed by atoms with Crippen LogP contribution in [0.4, 0.5) is 0 Å². The Morgan fingerprint density at radius 2 is 1.80 bits per heavy atom. The van der Waals surface area contributed by atoms with Gasteiger partial charge >= 0.3 is 5.97 Å². The average molecular weight is 351 g/mol. The molecule has 1 fully saturated rings. The third-order valence-corrected chi connectivity index (χ3v) is 5.47. The molecule has 0 amide bonds. The fraction of sp³-hybridized carbons (Fsp3) is 0.773. The minimum Gasteiger partial charge on any atom is -0.461 e. The molecule has 0 unspecified atom stereocenters. The SMILES string of the molecule is CC(C)=CCC/C(C)=C/COC(=O)CCC1(O)CCC(C(C)C)CC1. The van der Waals surface area contributed by atoms with E-state index in [2.05, 4.69) is 40.7 Å². The number of rotatable bonds is 9. The molecule has 1 N–H and O–H groups in total. The molecule has 144 valence electrons. The molecule has 0 radical (unpaired) electrons. The van der Waals surface area contributed by atoms with Crippen LogP contribution in [0.1, 0.15) is 86.0 Å². The monoisotopic (exact) mass is 350 g/mol. The highest BCUT2D eigenvalue weighted by molar-refractivity contribution is 5.69. The van der Waals surface area contributed by atoms with Crippen LogP contribution < -0.4 is 0 Å². The summed E-state index contributed by atoms with van der Waals surface area (Å²) < 4.78 is 5.29. The molecule has 0 spiro atoms. The lowest BCUT2D eigenvalue weighted by atomic mass is 9.73. The maximum absolute atomic E-state index is 11.9. The number of carbonyl (C=O) groups is 1. The van der Waals surface area contributed by atoms with Crippen molar-refractivity contribution in [3.05, 3.63) is 23.3 Å². The van der Waals surface area contributed by atoms with Gasteiger partial charge in [-0.2, -0.15) is 0 Å². The first-order valence-corrected chi connectivity index (χ1v) is 9.89. The number of hydrogen-bond acceptors (Lipinski definition) is 3. The fourth-order valence-electron chi connectivity index (χ4n) is 3.47. The Balaban J connectivity index is 2.23. The van der Waals surface area contributed by atoms with E-state index in [1.807, 2.05) is 6.08 Å². The third kappa shape index (κ3) is 9.25. The zero-order valence-corrected chi connectivity index (χ0v) is 16.9. The molecule has 0 aliphatic heterocycles. The van der Waals surface area contributed by atoms with Crippen LogP contribution in [0, 0.1) is 11.8 Å². The number of ether oxygens (including phenoxy) is 1. The van der Waals surface area contributed by atoms with E-state index < -0.39 is 5.60 Å². The van der Waals surface area contributed by atoms with Crippen LogP contribution in [0.25, 0.3) is 0 Å². The van der Waals surface area contributed by atoms with Crippen molar-refractivity contribution in [3.63, 3.8) is 0 Å². The van der Waals surface area contributed by atoms with Crippen molar-refractivity contribution in [2.24, 2.45) is 11.8 Å². The molecular weight excluding hydrogens is 312 g/mol. The normalized spacial score (nSPS) is 24.3. The van der Waals surface area contributed by atoms with E-state index in [1.54, 1.807) is 0 Å². The van der Waals surface area contributed by atoms with Crippen LogP contribution in [0.5, 0.6) is 0 Å². The predicted octanol–water partition coefficient (Wildman–Crippen LogP) is 5.58. The first-order chi connectivity index (χ1) is 11.7. The van der Waals surface area contributed by atoms with Gasteiger partial charge < -0.3 is 9.84 Å². The highest BCUT2D eigenvalue weighted by atomic mass is 16.5. The van der Waals surface area contributed by atoms with Crippen LogP contribution in [-0.4, -0.2) is 23.3 Å². The minimum absolute atomic E-state index is 0.201.